The second-order valence-electron chi connectivity index (χ2n) is 7.31. The van der Waals surface area contributed by atoms with Crippen LogP contribution in [0.1, 0.15) is 46.3 Å². The van der Waals surface area contributed by atoms with Crippen LogP contribution in [0, 0.1) is 0 Å². The van der Waals surface area contributed by atoms with E-state index in [1.807, 2.05) is 18.2 Å². The van der Waals surface area contributed by atoms with Crippen LogP contribution in [0.25, 0.3) is 6.08 Å². The van der Waals surface area contributed by atoms with Gasteiger partial charge >= 0.3 is 0 Å². The van der Waals surface area contributed by atoms with Gasteiger partial charge in [0.05, 0.1) is 4.90 Å². The molecule has 0 atom stereocenters. The van der Waals surface area contributed by atoms with E-state index in [0.717, 1.165) is 31.2 Å². The van der Waals surface area contributed by atoms with Crippen molar-refractivity contribution in [2.24, 2.45) is 0 Å². The number of rotatable bonds is 5. The lowest BCUT2D eigenvalue weighted by Crippen LogP contribution is -2.35. The molecule has 0 radical (unpaired) electrons. The summed E-state index contributed by atoms with van der Waals surface area (Å²) in [7, 11) is -3.42. The summed E-state index contributed by atoms with van der Waals surface area (Å²) in [6.07, 6.45) is 7.95. The van der Waals surface area contributed by atoms with Gasteiger partial charge < -0.3 is 5.32 Å². The Morgan fingerprint density at radius 2 is 1.75 bits per heavy atom. The fraction of sp³-hybridized carbons (Fsp3) is 0.318. The molecule has 1 heterocycles. The summed E-state index contributed by atoms with van der Waals surface area (Å²) in [5.41, 5.74) is 3.85. The van der Waals surface area contributed by atoms with Crippen molar-refractivity contribution in [1.82, 2.24) is 9.62 Å². The van der Waals surface area contributed by atoms with Crippen molar-refractivity contribution in [2.45, 2.75) is 37.1 Å². The van der Waals surface area contributed by atoms with E-state index < -0.39 is 10.0 Å². The van der Waals surface area contributed by atoms with Crippen LogP contribution in [0.2, 0.25) is 0 Å². The van der Waals surface area contributed by atoms with Crippen LogP contribution in [0.3, 0.4) is 0 Å². The van der Waals surface area contributed by atoms with Gasteiger partial charge in [0.1, 0.15) is 0 Å². The third-order valence-electron chi connectivity index (χ3n) is 5.37. The molecule has 1 fully saturated rings. The number of benzene rings is 2. The van der Waals surface area contributed by atoms with E-state index >= 15 is 0 Å². The van der Waals surface area contributed by atoms with Crippen LogP contribution in [0.5, 0.6) is 0 Å². The Labute approximate surface area is 166 Å². The van der Waals surface area contributed by atoms with E-state index in [4.69, 9.17) is 0 Å². The molecule has 5 nitrogen and oxygen atoms in total. The zero-order chi connectivity index (χ0) is 19.6. The Morgan fingerprint density at radius 3 is 2.50 bits per heavy atom. The van der Waals surface area contributed by atoms with Crippen LogP contribution in [0.4, 0.5) is 0 Å². The highest BCUT2D eigenvalue weighted by Crippen LogP contribution is 2.22. The van der Waals surface area contributed by atoms with E-state index in [1.54, 1.807) is 28.6 Å². The van der Waals surface area contributed by atoms with Crippen LogP contribution in [-0.4, -0.2) is 31.7 Å². The van der Waals surface area contributed by atoms with Crippen LogP contribution < -0.4 is 5.32 Å². The standard InChI is InChI=1S/C22H24N2O3S/c25-22(20-10-9-18-5-4-6-19(18)15-20)23-16-17-7-11-21(12-8-17)28(26,27)24-13-2-1-3-14-24/h4-5,7-12,15H,1-3,6,13-14,16H2,(H,23,25). The topological polar surface area (TPSA) is 66.5 Å². The molecule has 0 unspecified atom stereocenters. The SMILES string of the molecule is O=C(NCc1ccc(S(=O)(=O)N2CCCCC2)cc1)c1ccc2c(c1)CC=C2. The predicted octanol–water partition coefficient (Wildman–Crippen LogP) is 3.36. The van der Waals surface area contributed by atoms with Gasteiger partial charge in [0, 0.05) is 25.2 Å². The van der Waals surface area contributed by atoms with Crippen LogP contribution in [-0.2, 0) is 23.0 Å². The first-order valence-corrected chi connectivity index (χ1v) is 11.1. The minimum atomic E-state index is -3.42. The van der Waals surface area contributed by atoms with Crippen LogP contribution >= 0.6 is 0 Å². The summed E-state index contributed by atoms with van der Waals surface area (Å²) in [5.74, 6) is -0.125. The second kappa shape index (κ2) is 7.89. The Bertz CT molecular complexity index is 1000. The number of hydrogen-bond donors (Lipinski definition) is 1. The van der Waals surface area contributed by atoms with Gasteiger partial charge in [-0.2, -0.15) is 4.31 Å². The lowest BCUT2D eigenvalue weighted by Gasteiger charge is -2.25. The molecule has 2 aromatic rings. The highest BCUT2D eigenvalue weighted by atomic mass is 32.2. The number of nitrogens with zero attached hydrogens (tertiary/aromatic N) is 1. The van der Waals surface area contributed by atoms with Gasteiger partial charge in [-0.1, -0.05) is 36.8 Å². The maximum Gasteiger partial charge on any atom is 0.251 e. The van der Waals surface area contributed by atoms with Gasteiger partial charge in [-0.05, 0) is 60.2 Å². The Kier molecular flexibility index (Phi) is 5.33. The zero-order valence-electron chi connectivity index (χ0n) is 15.7. The van der Waals surface area contributed by atoms with Gasteiger partial charge in [0.25, 0.3) is 5.91 Å². The molecule has 1 aliphatic heterocycles. The van der Waals surface area contributed by atoms with Gasteiger partial charge in [0.2, 0.25) is 10.0 Å². The number of amides is 1. The average Bonchev–Trinajstić information content (AvgIpc) is 3.21. The third-order valence-corrected chi connectivity index (χ3v) is 7.28. The summed E-state index contributed by atoms with van der Waals surface area (Å²) in [6.45, 7) is 1.55. The maximum atomic E-state index is 12.7. The largest absolute Gasteiger partial charge is 0.348 e. The molecule has 0 saturated carbocycles. The van der Waals surface area contributed by atoms with E-state index in [2.05, 4.69) is 17.5 Å². The summed E-state index contributed by atoms with van der Waals surface area (Å²) in [5, 5.41) is 2.91. The van der Waals surface area contributed by atoms with Gasteiger partial charge in [0.15, 0.2) is 0 Å². The van der Waals surface area contributed by atoms with E-state index in [0.29, 0.717) is 30.1 Å². The molecule has 146 valence electrons. The highest BCUT2D eigenvalue weighted by molar-refractivity contribution is 7.89. The van der Waals surface area contributed by atoms with E-state index in [-0.39, 0.29) is 5.91 Å². The second-order valence-corrected chi connectivity index (χ2v) is 9.25. The Balaban J connectivity index is 1.39. The van der Waals surface area contributed by atoms with Crippen molar-refractivity contribution in [3.63, 3.8) is 0 Å². The number of sulfonamides is 1. The van der Waals surface area contributed by atoms with E-state index in [1.165, 1.54) is 11.1 Å². The normalized spacial score (nSPS) is 16.7. The van der Waals surface area contributed by atoms with Crippen molar-refractivity contribution in [1.29, 1.82) is 0 Å². The fourth-order valence-corrected chi connectivity index (χ4v) is 5.23. The van der Waals surface area contributed by atoms with Crippen LogP contribution in [0.15, 0.2) is 53.4 Å². The van der Waals surface area contributed by atoms with Crippen molar-refractivity contribution < 1.29 is 13.2 Å². The fourth-order valence-electron chi connectivity index (χ4n) is 3.72. The molecule has 2 aliphatic rings. The lowest BCUT2D eigenvalue weighted by molar-refractivity contribution is 0.0951. The Morgan fingerprint density at radius 1 is 1.00 bits per heavy atom. The average molecular weight is 397 g/mol. The van der Waals surface area contributed by atoms with Crippen molar-refractivity contribution in [3.8, 4) is 0 Å². The number of hydrogen-bond acceptors (Lipinski definition) is 3. The minimum Gasteiger partial charge on any atom is -0.348 e. The number of piperidine rings is 1. The molecule has 1 N–H and O–H groups in total. The number of carbonyl (C=O) groups excluding carboxylic acids is 1. The minimum absolute atomic E-state index is 0.125. The predicted molar refractivity (Wildman–Crippen MR) is 109 cm³/mol. The first-order chi connectivity index (χ1) is 13.5. The number of nitrogens with one attached hydrogen (secondary N) is 1. The number of carbonyl (C=O) groups is 1. The van der Waals surface area contributed by atoms with Crippen molar-refractivity contribution in [3.05, 3.63) is 70.8 Å². The summed E-state index contributed by atoms with van der Waals surface area (Å²) in [4.78, 5) is 12.7. The first kappa shape index (κ1) is 18.9. The van der Waals surface area contributed by atoms with Gasteiger partial charge in [-0.15, -0.1) is 0 Å². The molecule has 0 spiro atoms. The maximum absolute atomic E-state index is 12.7. The molecule has 0 bridgehead atoms. The Hall–Kier alpha value is -2.44. The molecular formula is C22H24N2O3S. The van der Waals surface area contributed by atoms with Crippen molar-refractivity contribution in [2.75, 3.05) is 13.1 Å². The summed E-state index contributed by atoms with van der Waals surface area (Å²) >= 11 is 0. The van der Waals surface area contributed by atoms with Gasteiger partial charge in [-0.25, -0.2) is 8.42 Å². The molecule has 6 heteroatoms. The smallest absolute Gasteiger partial charge is 0.251 e. The molecule has 28 heavy (non-hydrogen) atoms. The quantitative estimate of drug-likeness (QED) is 0.843. The zero-order valence-corrected chi connectivity index (χ0v) is 16.5. The first-order valence-electron chi connectivity index (χ1n) is 9.71. The molecule has 1 amide bonds. The molecule has 2 aromatic carbocycles. The van der Waals surface area contributed by atoms with Crippen molar-refractivity contribution >= 4 is 22.0 Å². The third kappa shape index (κ3) is 3.88. The van der Waals surface area contributed by atoms with E-state index in [9.17, 15) is 13.2 Å². The number of allylic oxidation sites excluding steroid dienone is 1. The molecule has 1 aliphatic carbocycles. The molecule has 4 rings (SSSR count). The number of fused-ring (bicyclic) bond motifs is 1. The molecule has 1 saturated heterocycles. The summed E-state index contributed by atoms with van der Waals surface area (Å²) in [6, 6.07) is 12.5. The highest BCUT2D eigenvalue weighted by Gasteiger charge is 2.25. The monoisotopic (exact) mass is 396 g/mol. The molecular weight excluding hydrogens is 372 g/mol. The lowest BCUT2D eigenvalue weighted by atomic mass is 10.1. The van der Waals surface area contributed by atoms with Gasteiger partial charge in [-0.3, -0.25) is 4.79 Å². The summed E-state index contributed by atoms with van der Waals surface area (Å²) < 4.78 is 27.0. The molecule has 0 aromatic heterocycles.